The zero-order valence-corrected chi connectivity index (χ0v) is 15.1. The van der Waals surface area contributed by atoms with E-state index in [1.54, 1.807) is 18.4 Å². The van der Waals surface area contributed by atoms with E-state index in [1.165, 1.54) is 4.88 Å². The predicted octanol–water partition coefficient (Wildman–Crippen LogP) is 1.67. The number of thiophene rings is 1. The van der Waals surface area contributed by atoms with Crippen LogP contribution in [0.2, 0.25) is 4.34 Å². The number of carbonyl (C=O) groups excluding carboxylic acids is 1. The molecule has 23 heavy (non-hydrogen) atoms. The average molecular weight is 358 g/mol. The maximum atomic E-state index is 13.0. The maximum Gasteiger partial charge on any atom is 0.232 e. The fourth-order valence-corrected chi connectivity index (χ4v) is 4.62. The number of carbonyl (C=O) groups is 1. The molecule has 5 nitrogen and oxygen atoms in total. The fraction of sp³-hybridized carbons (Fsp3) is 0.688. The van der Waals surface area contributed by atoms with Gasteiger partial charge in [0.25, 0.3) is 0 Å². The number of amides is 1. The number of hydrogen-bond donors (Lipinski definition) is 1. The summed E-state index contributed by atoms with van der Waals surface area (Å²) in [5.74, 6) is 0.253. The lowest BCUT2D eigenvalue weighted by molar-refractivity contribution is -0.146. The van der Waals surface area contributed by atoms with Gasteiger partial charge in [-0.25, -0.2) is 0 Å². The van der Waals surface area contributed by atoms with Gasteiger partial charge in [-0.15, -0.1) is 11.3 Å². The van der Waals surface area contributed by atoms with Crippen LogP contribution in [0.15, 0.2) is 12.1 Å². The van der Waals surface area contributed by atoms with Crippen LogP contribution < -0.4 is 5.32 Å². The van der Waals surface area contributed by atoms with Crippen molar-refractivity contribution < 1.29 is 9.53 Å². The number of ether oxygens (including phenoxy) is 1. The summed E-state index contributed by atoms with van der Waals surface area (Å²) in [6, 6.07) is 4.03. The van der Waals surface area contributed by atoms with Crippen LogP contribution in [0.25, 0.3) is 0 Å². The minimum absolute atomic E-state index is 0.253. The molecular formula is C16H24ClN3O2S. The molecule has 3 heterocycles. The second kappa shape index (κ2) is 7.49. The van der Waals surface area contributed by atoms with Crippen molar-refractivity contribution in [1.82, 2.24) is 15.1 Å². The van der Waals surface area contributed by atoms with Crippen LogP contribution in [0.1, 0.15) is 11.3 Å². The molecule has 0 radical (unpaired) electrons. The molecule has 128 valence electrons. The number of piperazine rings is 1. The van der Waals surface area contributed by atoms with Crippen molar-refractivity contribution >= 4 is 28.8 Å². The topological polar surface area (TPSA) is 44.8 Å². The zero-order valence-electron chi connectivity index (χ0n) is 13.5. The molecule has 2 saturated heterocycles. The zero-order chi connectivity index (χ0) is 16.3. The van der Waals surface area contributed by atoms with Crippen molar-refractivity contribution in [3.8, 4) is 0 Å². The molecule has 1 atom stereocenters. The van der Waals surface area contributed by atoms with Gasteiger partial charge < -0.3 is 15.0 Å². The van der Waals surface area contributed by atoms with E-state index in [0.717, 1.165) is 56.6 Å². The number of hydrogen-bond acceptors (Lipinski definition) is 5. The first-order valence-electron chi connectivity index (χ1n) is 8.09. The third-order valence-corrected chi connectivity index (χ3v) is 6.00. The van der Waals surface area contributed by atoms with Crippen LogP contribution in [0, 0.1) is 5.41 Å². The molecule has 1 N–H and O–H groups in total. The SMILES string of the molecule is COCC1(C(=O)N2CCN(Cc3ccc(Cl)s3)CC2)CCNC1. The second-order valence-corrected chi connectivity index (χ2v) is 8.21. The molecule has 1 amide bonds. The molecular weight excluding hydrogens is 334 g/mol. The van der Waals surface area contributed by atoms with Gasteiger partial charge in [0, 0.05) is 51.3 Å². The second-order valence-electron chi connectivity index (χ2n) is 6.41. The molecule has 0 aliphatic carbocycles. The van der Waals surface area contributed by atoms with E-state index in [2.05, 4.69) is 16.3 Å². The van der Waals surface area contributed by atoms with Gasteiger partial charge >= 0.3 is 0 Å². The lowest BCUT2D eigenvalue weighted by Crippen LogP contribution is -2.54. The molecule has 3 rings (SSSR count). The summed E-state index contributed by atoms with van der Waals surface area (Å²) in [7, 11) is 1.68. The minimum atomic E-state index is -0.363. The molecule has 0 saturated carbocycles. The summed E-state index contributed by atoms with van der Waals surface area (Å²) in [4.78, 5) is 18.6. The number of methoxy groups -OCH3 is 1. The molecule has 2 aliphatic rings. The Labute approximate surface area is 146 Å². The Hall–Kier alpha value is -0.660. The molecule has 7 heteroatoms. The molecule has 1 aromatic rings. The summed E-state index contributed by atoms with van der Waals surface area (Å²) in [5.41, 5.74) is -0.363. The Morgan fingerprint density at radius 3 is 2.74 bits per heavy atom. The van der Waals surface area contributed by atoms with Crippen molar-refractivity contribution in [1.29, 1.82) is 0 Å². The quantitative estimate of drug-likeness (QED) is 0.870. The predicted molar refractivity (Wildman–Crippen MR) is 93.0 cm³/mol. The first kappa shape index (κ1) is 17.2. The molecule has 0 spiro atoms. The average Bonchev–Trinajstić information content (AvgIpc) is 3.18. The number of rotatable bonds is 5. The Balaban J connectivity index is 1.54. The van der Waals surface area contributed by atoms with Crippen molar-refractivity contribution in [2.45, 2.75) is 13.0 Å². The highest BCUT2D eigenvalue weighted by molar-refractivity contribution is 7.16. The lowest BCUT2D eigenvalue weighted by Gasteiger charge is -2.39. The Morgan fingerprint density at radius 1 is 1.39 bits per heavy atom. The van der Waals surface area contributed by atoms with Crippen LogP contribution >= 0.6 is 22.9 Å². The third kappa shape index (κ3) is 3.88. The first-order chi connectivity index (χ1) is 11.1. The van der Waals surface area contributed by atoms with Crippen molar-refractivity contribution in [2.75, 3.05) is 53.0 Å². The van der Waals surface area contributed by atoms with E-state index >= 15 is 0 Å². The number of nitrogens with zero attached hydrogens (tertiary/aromatic N) is 2. The summed E-state index contributed by atoms with van der Waals surface area (Å²) < 4.78 is 6.17. The highest BCUT2D eigenvalue weighted by Gasteiger charge is 2.44. The number of halogens is 1. The van der Waals surface area contributed by atoms with Crippen molar-refractivity contribution in [3.05, 3.63) is 21.3 Å². The molecule has 1 unspecified atom stereocenters. The Bertz CT molecular complexity index is 537. The van der Waals surface area contributed by atoms with Crippen molar-refractivity contribution in [2.24, 2.45) is 5.41 Å². The summed E-state index contributed by atoms with van der Waals surface area (Å²) in [6.07, 6.45) is 0.869. The fourth-order valence-electron chi connectivity index (χ4n) is 3.49. The highest BCUT2D eigenvalue weighted by atomic mass is 35.5. The van der Waals surface area contributed by atoms with Gasteiger partial charge in [0.05, 0.1) is 16.4 Å². The van der Waals surface area contributed by atoms with Crippen LogP contribution in [0.3, 0.4) is 0 Å². The monoisotopic (exact) mass is 357 g/mol. The molecule has 1 aromatic heterocycles. The minimum Gasteiger partial charge on any atom is -0.384 e. The van der Waals surface area contributed by atoms with E-state index in [4.69, 9.17) is 16.3 Å². The van der Waals surface area contributed by atoms with E-state index in [-0.39, 0.29) is 11.3 Å². The van der Waals surface area contributed by atoms with Gasteiger partial charge in [-0.2, -0.15) is 0 Å². The summed E-state index contributed by atoms with van der Waals surface area (Å²) in [6.45, 7) is 6.47. The number of nitrogens with one attached hydrogen (secondary N) is 1. The van der Waals surface area contributed by atoms with E-state index in [0.29, 0.717) is 6.61 Å². The van der Waals surface area contributed by atoms with E-state index in [9.17, 15) is 4.79 Å². The molecule has 2 aliphatic heterocycles. The van der Waals surface area contributed by atoms with Gasteiger partial charge in [0.2, 0.25) is 5.91 Å². The largest absolute Gasteiger partial charge is 0.384 e. The Kier molecular flexibility index (Phi) is 5.59. The van der Waals surface area contributed by atoms with E-state index in [1.807, 2.05) is 11.0 Å². The third-order valence-electron chi connectivity index (χ3n) is 4.79. The maximum absolute atomic E-state index is 13.0. The van der Waals surface area contributed by atoms with Gasteiger partial charge in [0.1, 0.15) is 0 Å². The van der Waals surface area contributed by atoms with Gasteiger partial charge in [-0.1, -0.05) is 11.6 Å². The van der Waals surface area contributed by atoms with Crippen LogP contribution in [0.4, 0.5) is 0 Å². The summed E-state index contributed by atoms with van der Waals surface area (Å²) >= 11 is 7.62. The van der Waals surface area contributed by atoms with Crippen LogP contribution in [0.5, 0.6) is 0 Å². The van der Waals surface area contributed by atoms with Crippen LogP contribution in [-0.2, 0) is 16.1 Å². The van der Waals surface area contributed by atoms with Crippen molar-refractivity contribution in [3.63, 3.8) is 0 Å². The molecule has 2 fully saturated rings. The normalized spacial score (nSPS) is 25.9. The van der Waals surface area contributed by atoms with Gasteiger partial charge in [-0.3, -0.25) is 9.69 Å². The lowest BCUT2D eigenvalue weighted by atomic mass is 9.86. The molecule has 0 bridgehead atoms. The highest BCUT2D eigenvalue weighted by Crippen LogP contribution is 2.29. The first-order valence-corrected chi connectivity index (χ1v) is 9.28. The van der Waals surface area contributed by atoms with Crippen LogP contribution in [-0.4, -0.2) is 68.7 Å². The van der Waals surface area contributed by atoms with E-state index < -0.39 is 0 Å². The Morgan fingerprint density at radius 2 is 2.17 bits per heavy atom. The van der Waals surface area contributed by atoms with Gasteiger partial charge in [0.15, 0.2) is 0 Å². The standard InChI is InChI=1S/C16H24ClN3O2S/c1-22-12-16(4-5-18-11-16)15(21)20-8-6-19(7-9-20)10-13-2-3-14(17)23-13/h2-3,18H,4-12H2,1H3. The summed E-state index contributed by atoms with van der Waals surface area (Å²) in [5, 5.41) is 3.31. The van der Waals surface area contributed by atoms with Gasteiger partial charge in [-0.05, 0) is 25.1 Å². The molecule has 0 aromatic carbocycles. The smallest absolute Gasteiger partial charge is 0.232 e.